The number of hydrogen-bond donors (Lipinski definition) is 1. The third kappa shape index (κ3) is 4.84. The topological polar surface area (TPSA) is 47.3 Å². The predicted octanol–water partition coefficient (Wildman–Crippen LogP) is 4.94. The van der Waals surface area contributed by atoms with Crippen LogP contribution in [0.3, 0.4) is 0 Å². The van der Waals surface area contributed by atoms with Gasteiger partial charge in [0, 0.05) is 18.2 Å². The van der Waals surface area contributed by atoms with Gasteiger partial charge in [-0.2, -0.15) is 0 Å². The number of nitrogens with zero attached hydrogens (tertiary/aromatic N) is 1. The van der Waals surface area contributed by atoms with Gasteiger partial charge in [0.1, 0.15) is 12.0 Å². The van der Waals surface area contributed by atoms with Gasteiger partial charge in [-0.1, -0.05) is 25.7 Å². The molecule has 130 valence electrons. The van der Waals surface area contributed by atoms with Crippen molar-refractivity contribution in [2.45, 2.75) is 71.1 Å². The summed E-state index contributed by atoms with van der Waals surface area (Å²) in [6, 6.07) is 8.53. The second kappa shape index (κ2) is 8.34. The molecule has 1 fully saturated rings. The van der Waals surface area contributed by atoms with Crippen molar-refractivity contribution in [1.82, 2.24) is 10.3 Å². The quantitative estimate of drug-likeness (QED) is 0.763. The van der Waals surface area contributed by atoms with E-state index in [1.807, 2.05) is 38.1 Å². The maximum absolute atomic E-state index is 5.67. The van der Waals surface area contributed by atoms with Crippen LogP contribution in [0.15, 0.2) is 34.9 Å². The molecule has 1 aliphatic carbocycles. The van der Waals surface area contributed by atoms with Gasteiger partial charge in [-0.3, -0.25) is 0 Å². The zero-order valence-corrected chi connectivity index (χ0v) is 14.8. The van der Waals surface area contributed by atoms with Gasteiger partial charge in [0.25, 0.3) is 0 Å². The first-order chi connectivity index (χ1) is 11.7. The van der Waals surface area contributed by atoms with E-state index in [4.69, 9.17) is 9.15 Å². The Bertz CT molecular complexity index is 611. The van der Waals surface area contributed by atoms with Crippen LogP contribution in [0, 0.1) is 0 Å². The van der Waals surface area contributed by atoms with Crippen LogP contribution in [0.1, 0.15) is 58.1 Å². The molecular formula is C20H28N2O2. The second-order valence-corrected chi connectivity index (χ2v) is 6.90. The molecule has 0 saturated heterocycles. The molecule has 2 aromatic rings. The SMILES string of the molecule is CC(C)Oc1ccc(-c2nc(CNC3CCCCCC3)co2)cc1. The first-order valence-corrected chi connectivity index (χ1v) is 9.15. The molecular weight excluding hydrogens is 300 g/mol. The lowest BCUT2D eigenvalue weighted by Gasteiger charge is -2.14. The zero-order chi connectivity index (χ0) is 16.8. The summed E-state index contributed by atoms with van der Waals surface area (Å²) < 4.78 is 11.3. The smallest absolute Gasteiger partial charge is 0.226 e. The Balaban J connectivity index is 1.56. The van der Waals surface area contributed by atoms with E-state index >= 15 is 0 Å². The van der Waals surface area contributed by atoms with Crippen LogP contribution in [0.5, 0.6) is 5.75 Å². The Morgan fingerprint density at radius 2 is 1.83 bits per heavy atom. The molecule has 0 spiro atoms. The summed E-state index contributed by atoms with van der Waals surface area (Å²) in [5, 5.41) is 3.63. The largest absolute Gasteiger partial charge is 0.491 e. The third-order valence-electron chi connectivity index (χ3n) is 4.45. The molecule has 1 N–H and O–H groups in total. The number of aromatic nitrogens is 1. The molecule has 1 aliphatic rings. The van der Waals surface area contributed by atoms with Crippen molar-refractivity contribution >= 4 is 0 Å². The van der Waals surface area contributed by atoms with Gasteiger partial charge < -0.3 is 14.5 Å². The van der Waals surface area contributed by atoms with Crippen molar-refractivity contribution in [2.24, 2.45) is 0 Å². The number of oxazole rings is 1. The first-order valence-electron chi connectivity index (χ1n) is 9.15. The van der Waals surface area contributed by atoms with Crippen molar-refractivity contribution in [3.63, 3.8) is 0 Å². The van der Waals surface area contributed by atoms with Crippen LogP contribution in [0.25, 0.3) is 11.5 Å². The van der Waals surface area contributed by atoms with E-state index in [1.54, 1.807) is 6.26 Å². The normalized spacial score (nSPS) is 16.3. The summed E-state index contributed by atoms with van der Waals surface area (Å²) in [7, 11) is 0. The summed E-state index contributed by atoms with van der Waals surface area (Å²) in [6.45, 7) is 4.83. The molecule has 4 nitrogen and oxygen atoms in total. The van der Waals surface area contributed by atoms with Crippen LogP contribution in [-0.4, -0.2) is 17.1 Å². The minimum atomic E-state index is 0.180. The van der Waals surface area contributed by atoms with Crippen LogP contribution in [0.2, 0.25) is 0 Å². The van der Waals surface area contributed by atoms with E-state index < -0.39 is 0 Å². The van der Waals surface area contributed by atoms with Crippen molar-refractivity contribution < 1.29 is 9.15 Å². The minimum Gasteiger partial charge on any atom is -0.491 e. The van der Waals surface area contributed by atoms with Crippen LogP contribution >= 0.6 is 0 Å². The Hall–Kier alpha value is -1.81. The molecule has 3 rings (SSSR count). The fourth-order valence-electron chi connectivity index (χ4n) is 3.20. The monoisotopic (exact) mass is 328 g/mol. The zero-order valence-electron chi connectivity index (χ0n) is 14.8. The Labute approximate surface area is 144 Å². The van der Waals surface area contributed by atoms with Gasteiger partial charge in [0.05, 0.1) is 11.8 Å². The average molecular weight is 328 g/mol. The van der Waals surface area contributed by atoms with E-state index in [1.165, 1.54) is 38.5 Å². The van der Waals surface area contributed by atoms with Gasteiger partial charge in [-0.05, 0) is 51.0 Å². The van der Waals surface area contributed by atoms with Gasteiger partial charge in [-0.15, -0.1) is 0 Å². The first kappa shape index (κ1) is 17.0. The highest BCUT2D eigenvalue weighted by Gasteiger charge is 2.13. The highest BCUT2D eigenvalue weighted by atomic mass is 16.5. The number of benzene rings is 1. The summed E-state index contributed by atoms with van der Waals surface area (Å²) in [5.41, 5.74) is 1.95. The molecule has 24 heavy (non-hydrogen) atoms. The van der Waals surface area contributed by atoms with E-state index in [0.717, 1.165) is 23.6 Å². The molecule has 0 radical (unpaired) electrons. The highest BCUT2D eigenvalue weighted by Crippen LogP contribution is 2.23. The van der Waals surface area contributed by atoms with E-state index in [-0.39, 0.29) is 6.10 Å². The van der Waals surface area contributed by atoms with E-state index in [0.29, 0.717) is 11.9 Å². The maximum Gasteiger partial charge on any atom is 0.226 e. The Morgan fingerprint density at radius 3 is 2.50 bits per heavy atom. The Morgan fingerprint density at radius 1 is 1.12 bits per heavy atom. The molecule has 0 bridgehead atoms. The van der Waals surface area contributed by atoms with Gasteiger partial charge in [0.15, 0.2) is 0 Å². The van der Waals surface area contributed by atoms with Crippen LogP contribution < -0.4 is 10.1 Å². The molecule has 4 heteroatoms. The molecule has 0 aliphatic heterocycles. The summed E-state index contributed by atoms with van der Waals surface area (Å²) in [5.74, 6) is 1.54. The van der Waals surface area contributed by atoms with E-state index in [9.17, 15) is 0 Å². The molecule has 0 amide bonds. The van der Waals surface area contributed by atoms with Gasteiger partial charge in [-0.25, -0.2) is 4.98 Å². The van der Waals surface area contributed by atoms with Crippen molar-refractivity contribution in [3.05, 3.63) is 36.2 Å². The van der Waals surface area contributed by atoms with Crippen molar-refractivity contribution in [1.29, 1.82) is 0 Å². The Kier molecular flexibility index (Phi) is 5.91. The lowest BCUT2D eigenvalue weighted by molar-refractivity contribution is 0.242. The van der Waals surface area contributed by atoms with Crippen LogP contribution in [-0.2, 0) is 6.54 Å². The van der Waals surface area contributed by atoms with Crippen molar-refractivity contribution in [3.8, 4) is 17.2 Å². The molecule has 1 aromatic carbocycles. The fraction of sp³-hybridized carbons (Fsp3) is 0.550. The molecule has 0 unspecified atom stereocenters. The number of nitrogens with one attached hydrogen (secondary N) is 1. The predicted molar refractivity (Wildman–Crippen MR) is 96.0 cm³/mol. The molecule has 1 heterocycles. The lowest BCUT2D eigenvalue weighted by atomic mass is 10.1. The number of rotatable bonds is 6. The molecule has 0 atom stereocenters. The summed E-state index contributed by atoms with van der Waals surface area (Å²) in [4.78, 5) is 4.61. The summed E-state index contributed by atoms with van der Waals surface area (Å²) in [6.07, 6.45) is 9.94. The van der Waals surface area contributed by atoms with Gasteiger partial charge >= 0.3 is 0 Å². The molecule has 1 aromatic heterocycles. The number of hydrogen-bond acceptors (Lipinski definition) is 4. The van der Waals surface area contributed by atoms with E-state index in [2.05, 4.69) is 10.3 Å². The minimum absolute atomic E-state index is 0.180. The van der Waals surface area contributed by atoms with Crippen molar-refractivity contribution in [2.75, 3.05) is 0 Å². The highest BCUT2D eigenvalue weighted by molar-refractivity contribution is 5.54. The average Bonchev–Trinajstić information content (AvgIpc) is 2.88. The summed E-state index contributed by atoms with van der Waals surface area (Å²) >= 11 is 0. The maximum atomic E-state index is 5.67. The standard InChI is InChI=1S/C20H28N2O2/c1-15(2)24-19-11-9-16(10-12-19)20-22-18(14-23-20)13-21-17-7-5-3-4-6-8-17/h9-12,14-15,17,21H,3-8,13H2,1-2H3. The number of ether oxygens (including phenoxy) is 1. The lowest BCUT2D eigenvalue weighted by Crippen LogP contribution is -2.27. The third-order valence-corrected chi connectivity index (χ3v) is 4.45. The molecule has 1 saturated carbocycles. The van der Waals surface area contributed by atoms with Crippen LogP contribution in [0.4, 0.5) is 0 Å². The second-order valence-electron chi connectivity index (χ2n) is 6.90. The van der Waals surface area contributed by atoms with Gasteiger partial charge in [0.2, 0.25) is 5.89 Å². The fourth-order valence-corrected chi connectivity index (χ4v) is 3.20.